The standard InChI is InChI=1S/C19H30N4O.HI/c1-3-20-19(21-14-17-6-4-16(2)5-7-17)23-9-8-18(15-23)22-10-12-24-13-11-22;/h4-7,18H,3,8-15H2,1-2H3,(H,20,21);1H. The van der Waals surface area contributed by atoms with E-state index >= 15 is 0 Å². The summed E-state index contributed by atoms with van der Waals surface area (Å²) in [5, 5.41) is 3.46. The molecule has 1 N–H and O–H groups in total. The summed E-state index contributed by atoms with van der Waals surface area (Å²) in [4.78, 5) is 9.85. The molecule has 0 spiro atoms. The summed E-state index contributed by atoms with van der Waals surface area (Å²) in [7, 11) is 0. The average Bonchev–Trinajstić information content (AvgIpc) is 3.11. The van der Waals surface area contributed by atoms with Crippen molar-refractivity contribution in [2.45, 2.75) is 32.9 Å². The molecule has 0 bridgehead atoms. The van der Waals surface area contributed by atoms with Crippen molar-refractivity contribution >= 4 is 29.9 Å². The molecule has 6 heteroatoms. The Morgan fingerprint density at radius 1 is 1.20 bits per heavy atom. The number of ether oxygens (including phenoxy) is 1. The lowest BCUT2D eigenvalue weighted by Gasteiger charge is -2.32. The first-order chi connectivity index (χ1) is 11.8. The van der Waals surface area contributed by atoms with Gasteiger partial charge in [0.2, 0.25) is 0 Å². The van der Waals surface area contributed by atoms with Crippen LogP contribution in [0, 0.1) is 6.92 Å². The minimum Gasteiger partial charge on any atom is -0.379 e. The molecular formula is C19H31IN4O. The van der Waals surface area contributed by atoms with Crippen molar-refractivity contribution in [3.05, 3.63) is 35.4 Å². The highest BCUT2D eigenvalue weighted by atomic mass is 127. The third-order valence-corrected chi connectivity index (χ3v) is 4.89. The molecule has 0 radical (unpaired) electrons. The van der Waals surface area contributed by atoms with Gasteiger partial charge in [-0.3, -0.25) is 4.90 Å². The van der Waals surface area contributed by atoms with Crippen LogP contribution in [0.15, 0.2) is 29.3 Å². The molecule has 0 saturated carbocycles. The van der Waals surface area contributed by atoms with E-state index in [1.165, 1.54) is 17.5 Å². The number of hydrogen-bond acceptors (Lipinski definition) is 3. The molecule has 140 valence electrons. The van der Waals surface area contributed by atoms with E-state index in [0.29, 0.717) is 6.04 Å². The van der Waals surface area contributed by atoms with E-state index in [1.54, 1.807) is 0 Å². The van der Waals surface area contributed by atoms with Gasteiger partial charge >= 0.3 is 0 Å². The molecule has 2 heterocycles. The molecule has 5 nitrogen and oxygen atoms in total. The molecular weight excluding hydrogens is 427 g/mol. The Morgan fingerprint density at radius 2 is 1.92 bits per heavy atom. The summed E-state index contributed by atoms with van der Waals surface area (Å²) >= 11 is 0. The van der Waals surface area contributed by atoms with Gasteiger partial charge in [0.1, 0.15) is 0 Å². The molecule has 1 aromatic carbocycles. The number of rotatable bonds is 4. The van der Waals surface area contributed by atoms with Crippen LogP contribution in [0.4, 0.5) is 0 Å². The van der Waals surface area contributed by atoms with Crippen LogP contribution < -0.4 is 5.32 Å². The summed E-state index contributed by atoms with van der Waals surface area (Å²) in [6, 6.07) is 9.29. The molecule has 2 fully saturated rings. The average molecular weight is 458 g/mol. The maximum Gasteiger partial charge on any atom is 0.194 e. The maximum absolute atomic E-state index is 5.48. The van der Waals surface area contributed by atoms with Crippen LogP contribution in [-0.2, 0) is 11.3 Å². The second-order valence-corrected chi connectivity index (χ2v) is 6.69. The van der Waals surface area contributed by atoms with Crippen molar-refractivity contribution in [2.75, 3.05) is 45.9 Å². The highest BCUT2D eigenvalue weighted by molar-refractivity contribution is 14.0. The Labute approximate surface area is 168 Å². The van der Waals surface area contributed by atoms with Gasteiger partial charge in [-0.2, -0.15) is 0 Å². The number of nitrogens with one attached hydrogen (secondary N) is 1. The molecule has 3 rings (SSSR count). The van der Waals surface area contributed by atoms with E-state index in [-0.39, 0.29) is 24.0 Å². The number of halogens is 1. The zero-order valence-corrected chi connectivity index (χ0v) is 17.7. The molecule has 25 heavy (non-hydrogen) atoms. The third-order valence-electron chi connectivity index (χ3n) is 4.89. The second-order valence-electron chi connectivity index (χ2n) is 6.69. The van der Waals surface area contributed by atoms with Crippen LogP contribution in [0.3, 0.4) is 0 Å². The van der Waals surface area contributed by atoms with Crippen LogP contribution in [0.25, 0.3) is 0 Å². The van der Waals surface area contributed by atoms with Crippen molar-refractivity contribution in [3.63, 3.8) is 0 Å². The Balaban J connectivity index is 0.00000225. The largest absolute Gasteiger partial charge is 0.379 e. The number of likely N-dealkylation sites (tertiary alicyclic amines) is 1. The summed E-state index contributed by atoms with van der Waals surface area (Å²) in [5.74, 6) is 1.05. The Morgan fingerprint density at radius 3 is 2.60 bits per heavy atom. The molecule has 0 amide bonds. The number of benzene rings is 1. The van der Waals surface area contributed by atoms with Crippen molar-refractivity contribution in [1.29, 1.82) is 0 Å². The van der Waals surface area contributed by atoms with Gasteiger partial charge in [0, 0.05) is 38.8 Å². The van der Waals surface area contributed by atoms with Crippen LogP contribution in [0.5, 0.6) is 0 Å². The number of aryl methyl sites for hydroxylation is 1. The van der Waals surface area contributed by atoms with E-state index in [1.807, 2.05) is 0 Å². The minimum absolute atomic E-state index is 0. The quantitative estimate of drug-likeness (QED) is 0.428. The SMILES string of the molecule is CCNC(=NCc1ccc(C)cc1)N1CCC(N2CCOCC2)C1.I. The third kappa shape index (κ3) is 5.82. The predicted octanol–water partition coefficient (Wildman–Crippen LogP) is 2.49. The van der Waals surface area contributed by atoms with Crippen molar-refractivity contribution < 1.29 is 4.74 Å². The van der Waals surface area contributed by atoms with Gasteiger partial charge in [-0.25, -0.2) is 4.99 Å². The first-order valence-corrected chi connectivity index (χ1v) is 9.17. The van der Waals surface area contributed by atoms with E-state index in [2.05, 4.69) is 53.2 Å². The van der Waals surface area contributed by atoms with Gasteiger partial charge in [0.25, 0.3) is 0 Å². The lowest BCUT2D eigenvalue weighted by molar-refractivity contribution is 0.0195. The van der Waals surface area contributed by atoms with Gasteiger partial charge in [0.15, 0.2) is 5.96 Å². The first-order valence-electron chi connectivity index (χ1n) is 9.17. The summed E-state index contributed by atoms with van der Waals surface area (Å²) in [6.07, 6.45) is 1.22. The minimum atomic E-state index is 0. The van der Waals surface area contributed by atoms with Gasteiger partial charge in [0.05, 0.1) is 19.8 Å². The fourth-order valence-electron chi connectivity index (χ4n) is 3.46. The maximum atomic E-state index is 5.48. The van der Waals surface area contributed by atoms with Crippen molar-refractivity contribution in [3.8, 4) is 0 Å². The summed E-state index contributed by atoms with van der Waals surface area (Å²) in [5.41, 5.74) is 2.56. The second kappa shape index (κ2) is 10.3. The first kappa shape index (κ1) is 20.5. The van der Waals surface area contributed by atoms with Gasteiger partial charge in [-0.15, -0.1) is 24.0 Å². The molecule has 2 saturated heterocycles. The summed E-state index contributed by atoms with van der Waals surface area (Å²) in [6.45, 7) is 11.9. The van der Waals surface area contributed by atoms with Crippen LogP contribution in [0.2, 0.25) is 0 Å². The normalized spacial score (nSPS) is 21.9. The van der Waals surface area contributed by atoms with E-state index in [4.69, 9.17) is 9.73 Å². The lowest BCUT2D eigenvalue weighted by atomic mass is 10.1. The molecule has 2 aliphatic rings. The molecule has 0 aromatic heterocycles. The summed E-state index contributed by atoms with van der Waals surface area (Å²) < 4.78 is 5.48. The number of nitrogens with zero attached hydrogens (tertiary/aromatic N) is 3. The van der Waals surface area contributed by atoms with E-state index in [0.717, 1.165) is 58.4 Å². The van der Waals surface area contributed by atoms with Crippen molar-refractivity contribution in [2.24, 2.45) is 4.99 Å². The zero-order valence-electron chi connectivity index (χ0n) is 15.4. The topological polar surface area (TPSA) is 40.1 Å². The van der Waals surface area contributed by atoms with Gasteiger partial charge in [-0.1, -0.05) is 29.8 Å². The Hall–Kier alpha value is -0.860. The number of guanidine groups is 1. The van der Waals surface area contributed by atoms with Crippen LogP contribution >= 0.6 is 24.0 Å². The number of morpholine rings is 1. The molecule has 2 aliphatic heterocycles. The lowest BCUT2D eigenvalue weighted by Crippen LogP contribution is -2.46. The van der Waals surface area contributed by atoms with E-state index < -0.39 is 0 Å². The fraction of sp³-hybridized carbons (Fsp3) is 0.632. The van der Waals surface area contributed by atoms with Crippen molar-refractivity contribution in [1.82, 2.24) is 15.1 Å². The smallest absolute Gasteiger partial charge is 0.194 e. The molecule has 1 unspecified atom stereocenters. The Bertz CT molecular complexity index is 543. The fourth-order valence-corrected chi connectivity index (χ4v) is 3.46. The van der Waals surface area contributed by atoms with Crippen LogP contribution in [0.1, 0.15) is 24.5 Å². The molecule has 1 aromatic rings. The highest BCUT2D eigenvalue weighted by Crippen LogP contribution is 2.17. The van der Waals surface area contributed by atoms with Gasteiger partial charge < -0.3 is 15.0 Å². The Kier molecular flexibility index (Phi) is 8.45. The predicted molar refractivity (Wildman–Crippen MR) is 114 cm³/mol. The molecule has 1 atom stereocenters. The highest BCUT2D eigenvalue weighted by Gasteiger charge is 2.30. The van der Waals surface area contributed by atoms with Crippen LogP contribution in [-0.4, -0.2) is 67.7 Å². The van der Waals surface area contributed by atoms with Gasteiger partial charge in [-0.05, 0) is 25.8 Å². The zero-order chi connectivity index (χ0) is 16.8. The molecule has 0 aliphatic carbocycles. The number of aliphatic imine (C=N–C) groups is 1. The van der Waals surface area contributed by atoms with E-state index in [9.17, 15) is 0 Å². The monoisotopic (exact) mass is 458 g/mol. The number of hydrogen-bond donors (Lipinski definition) is 1.